The van der Waals surface area contributed by atoms with Crippen LogP contribution in [0.1, 0.15) is 33.4 Å². The van der Waals surface area contributed by atoms with Crippen LogP contribution in [0.5, 0.6) is 0 Å². The van der Waals surface area contributed by atoms with E-state index in [1.807, 2.05) is 22.5 Å². The molecule has 0 aromatic carbocycles. The van der Waals surface area contributed by atoms with E-state index in [0.29, 0.717) is 5.82 Å². The van der Waals surface area contributed by atoms with Gasteiger partial charge in [-0.2, -0.15) is 5.10 Å². The number of rotatable bonds is 2. The van der Waals surface area contributed by atoms with Gasteiger partial charge in [-0.1, -0.05) is 20.8 Å². The smallest absolute Gasteiger partial charge is 0.131 e. The molecule has 0 saturated heterocycles. The summed E-state index contributed by atoms with van der Waals surface area (Å²) in [7, 11) is 1.92. The molecule has 0 bridgehead atoms. The van der Waals surface area contributed by atoms with Crippen LogP contribution < -0.4 is 5.73 Å². The molecule has 2 aromatic heterocycles. The first-order chi connectivity index (χ1) is 8.34. The zero-order valence-corrected chi connectivity index (χ0v) is 11.7. The summed E-state index contributed by atoms with van der Waals surface area (Å²) in [5.41, 5.74) is 8.98. The van der Waals surface area contributed by atoms with Crippen molar-refractivity contribution in [3.8, 4) is 11.3 Å². The van der Waals surface area contributed by atoms with Crippen molar-refractivity contribution < 1.29 is 0 Å². The summed E-state index contributed by atoms with van der Waals surface area (Å²) < 4.78 is 3.76. The number of nitrogens with two attached hydrogens (primary N) is 1. The molecule has 2 heterocycles. The summed E-state index contributed by atoms with van der Waals surface area (Å²) in [5, 5.41) is 4.55. The number of anilines is 1. The Morgan fingerprint density at radius 1 is 1.33 bits per heavy atom. The molecule has 0 aliphatic heterocycles. The fourth-order valence-corrected chi connectivity index (χ4v) is 2.07. The summed E-state index contributed by atoms with van der Waals surface area (Å²) in [6.07, 6.45) is 3.77. The Bertz CT molecular complexity index is 556. The average molecular weight is 247 g/mol. The maximum atomic E-state index is 6.13. The van der Waals surface area contributed by atoms with Crippen molar-refractivity contribution in [1.82, 2.24) is 19.3 Å². The topological polar surface area (TPSA) is 61.7 Å². The Kier molecular flexibility index (Phi) is 2.92. The molecule has 0 fully saturated rings. The highest BCUT2D eigenvalue weighted by Crippen LogP contribution is 2.33. The average Bonchev–Trinajstić information content (AvgIpc) is 2.80. The van der Waals surface area contributed by atoms with Crippen molar-refractivity contribution >= 4 is 5.82 Å². The number of hydrogen-bond acceptors (Lipinski definition) is 3. The van der Waals surface area contributed by atoms with Gasteiger partial charge in [-0.05, 0) is 6.92 Å². The highest BCUT2D eigenvalue weighted by atomic mass is 15.3. The molecule has 0 saturated carbocycles. The van der Waals surface area contributed by atoms with E-state index < -0.39 is 0 Å². The Morgan fingerprint density at radius 2 is 2.00 bits per heavy atom. The number of aromatic nitrogens is 4. The van der Waals surface area contributed by atoms with Gasteiger partial charge >= 0.3 is 0 Å². The van der Waals surface area contributed by atoms with Gasteiger partial charge in [-0.3, -0.25) is 4.68 Å². The van der Waals surface area contributed by atoms with E-state index >= 15 is 0 Å². The van der Waals surface area contributed by atoms with Crippen molar-refractivity contribution in [2.24, 2.45) is 7.05 Å². The minimum atomic E-state index is -0.0287. The quantitative estimate of drug-likeness (QED) is 0.884. The predicted octanol–water partition coefficient (Wildman–Crippen LogP) is 2.18. The minimum absolute atomic E-state index is 0.0287. The fraction of sp³-hybridized carbons (Fsp3) is 0.538. The van der Waals surface area contributed by atoms with Gasteiger partial charge in [0, 0.05) is 30.8 Å². The Balaban J connectivity index is 2.60. The Morgan fingerprint density at radius 3 is 2.50 bits per heavy atom. The number of nitrogen functional groups attached to an aromatic ring is 1. The van der Waals surface area contributed by atoms with Crippen LogP contribution in [-0.4, -0.2) is 19.3 Å². The lowest BCUT2D eigenvalue weighted by Crippen LogP contribution is -2.14. The number of hydrogen-bond donors (Lipinski definition) is 1. The SMILES string of the molecule is CCn1cnc(-c2cn(C)nc2C(C)(C)C)c1N. The molecular weight excluding hydrogens is 226 g/mol. The molecule has 5 nitrogen and oxygen atoms in total. The molecular formula is C13H21N5. The monoisotopic (exact) mass is 247 g/mol. The minimum Gasteiger partial charge on any atom is -0.383 e. The summed E-state index contributed by atoms with van der Waals surface area (Å²) in [5.74, 6) is 0.705. The number of aryl methyl sites for hydroxylation is 2. The molecule has 0 atom stereocenters. The zero-order valence-electron chi connectivity index (χ0n) is 11.7. The molecule has 18 heavy (non-hydrogen) atoms. The lowest BCUT2D eigenvalue weighted by molar-refractivity contribution is 0.554. The molecule has 0 amide bonds. The van der Waals surface area contributed by atoms with Gasteiger partial charge in [0.05, 0.1) is 12.0 Å². The second-order valence-corrected chi connectivity index (χ2v) is 5.58. The highest BCUT2D eigenvalue weighted by Gasteiger charge is 2.25. The van der Waals surface area contributed by atoms with E-state index in [9.17, 15) is 0 Å². The molecule has 2 aromatic rings. The standard InChI is InChI=1S/C13H21N5/c1-6-18-8-15-10(12(18)14)9-7-17(5)16-11(9)13(2,3)4/h7-8H,6,14H2,1-5H3. The van der Waals surface area contributed by atoms with Gasteiger partial charge in [0.1, 0.15) is 11.5 Å². The summed E-state index contributed by atoms with van der Waals surface area (Å²) in [4.78, 5) is 4.43. The molecule has 2 rings (SSSR count). The first kappa shape index (κ1) is 12.7. The third-order valence-electron chi connectivity index (χ3n) is 3.01. The molecule has 98 valence electrons. The Hall–Kier alpha value is -1.78. The van der Waals surface area contributed by atoms with E-state index in [1.165, 1.54) is 0 Å². The normalized spacial score (nSPS) is 12.1. The van der Waals surface area contributed by atoms with Crippen LogP contribution in [0.4, 0.5) is 5.82 Å². The fourth-order valence-electron chi connectivity index (χ4n) is 2.07. The van der Waals surface area contributed by atoms with Crippen molar-refractivity contribution in [3.05, 3.63) is 18.2 Å². The predicted molar refractivity (Wildman–Crippen MR) is 73.2 cm³/mol. The van der Waals surface area contributed by atoms with Crippen LogP contribution in [0.25, 0.3) is 11.3 Å². The molecule has 0 aliphatic carbocycles. The highest BCUT2D eigenvalue weighted by molar-refractivity contribution is 5.72. The maximum absolute atomic E-state index is 6.13. The van der Waals surface area contributed by atoms with Gasteiger partial charge in [-0.15, -0.1) is 0 Å². The summed E-state index contributed by atoms with van der Waals surface area (Å²) >= 11 is 0. The second kappa shape index (κ2) is 4.15. The third-order valence-corrected chi connectivity index (χ3v) is 3.01. The van der Waals surface area contributed by atoms with Crippen molar-refractivity contribution in [3.63, 3.8) is 0 Å². The van der Waals surface area contributed by atoms with E-state index in [4.69, 9.17) is 5.73 Å². The van der Waals surface area contributed by atoms with Gasteiger partial charge in [0.25, 0.3) is 0 Å². The van der Waals surface area contributed by atoms with Crippen molar-refractivity contribution in [1.29, 1.82) is 0 Å². The Labute approximate surface area is 108 Å². The van der Waals surface area contributed by atoms with E-state index in [2.05, 4.69) is 37.8 Å². The lowest BCUT2D eigenvalue weighted by atomic mass is 9.89. The van der Waals surface area contributed by atoms with Gasteiger partial charge in [0.2, 0.25) is 0 Å². The van der Waals surface area contributed by atoms with Crippen LogP contribution in [-0.2, 0) is 19.0 Å². The molecule has 2 N–H and O–H groups in total. The van der Waals surface area contributed by atoms with Crippen LogP contribution in [0.15, 0.2) is 12.5 Å². The molecule has 0 spiro atoms. The lowest BCUT2D eigenvalue weighted by Gasteiger charge is -2.17. The summed E-state index contributed by atoms with van der Waals surface area (Å²) in [6.45, 7) is 9.31. The first-order valence-electron chi connectivity index (χ1n) is 6.19. The van der Waals surface area contributed by atoms with E-state index in [0.717, 1.165) is 23.5 Å². The van der Waals surface area contributed by atoms with Crippen LogP contribution in [0.2, 0.25) is 0 Å². The van der Waals surface area contributed by atoms with E-state index in [1.54, 1.807) is 6.33 Å². The van der Waals surface area contributed by atoms with Crippen molar-refractivity contribution in [2.45, 2.75) is 39.7 Å². The van der Waals surface area contributed by atoms with Crippen LogP contribution in [0.3, 0.4) is 0 Å². The van der Waals surface area contributed by atoms with Crippen molar-refractivity contribution in [2.75, 3.05) is 5.73 Å². The molecule has 0 unspecified atom stereocenters. The van der Waals surface area contributed by atoms with Crippen LogP contribution in [0, 0.1) is 0 Å². The van der Waals surface area contributed by atoms with Crippen LogP contribution >= 0.6 is 0 Å². The third kappa shape index (κ3) is 2.00. The summed E-state index contributed by atoms with van der Waals surface area (Å²) in [6, 6.07) is 0. The molecule has 0 aliphatic rings. The van der Waals surface area contributed by atoms with Gasteiger partial charge in [0.15, 0.2) is 0 Å². The zero-order chi connectivity index (χ0) is 13.5. The second-order valence-electron chi connectivity index (χ2n) is 5.58. The first-order valence-corrected chi connectivity index (χ1v) is 6.19. The number of nitrogens with zero attached hydrogens (tertiary/aromatic N) is 4. The molecule has 0 radical (unpaired) electrons. The van der Waals surface area contributed by atoms with E-state index in [-0.39, 0.29) is 5.41 Å². The largest absolute Gasteiger partial charge is 0.383 e. The number of imidazole rings is 1. The van der Waals surface area contributed by atoms with Gasteiger partial charge < -0.3 is 10.3 Å². The molecule has 5 heteroatoms. The maximum Gasteiger partial charge on any atom is 0.131 e. The van der Waals surface area contributed by atoms with Gasteiger partial charge in [-0.25, -0.2) is 4.98 Å².